The van der Waals surface area contributed by atoms with Gasteiger partial charge in [0.2, 0.25) is 0 Å². The molecule has 1 aliphatic heterocycles. The van der Waals surface area contributed by atoms with Gasteiger partial charge in [-0.15, -0.1) is 0 Å². The largest absolute Gasteiger partial charge is 0.435 e. The minimum Gasteiger partial charge on any atom is -0.354 e. The van der Waals surface area contributed by atoms with Gasteiger partial charge in [0.25, 0.3) is 5.56 Å². The zero-order chi connectivity index (χ0) is 22.0. The van der Waals surface area contributed by atoms with Crippen molar-refractivity contribution in [1.29, 1.82) is 0 Å². The van der Waals surface area contributed by atoms with E-state index < -0.39 is 35.0 Å². The first-order chi connectivity index (χ1) is 13.9. The first-order valence-corrected chi connectivity index (χ1v) is 9.75. The number of alkyl halides is 6. The van der Waals surface area contributed by atoms with E-state index >= 15 is 0 Å². The number of thiazole rings is 1. The molecule has 1 atom stereocenters. The molecule has 0 radical (unpaired) electrons. The van der Waals surface area contributed by atoms with Crippen LogP contribution in [0.25, 0.3) is 4.96 Å². The Morgan fingerprint density at radius 3 is 2.40 bits per heavy atom. The molecular formula is C16H12ClF6N5OS. The molecule has 30 heavy (non-hydrogen) atoms. The molecular weight excluding hydrogens is 460 g/mol. The first-order valence-electron chi connectivity index (χ1n) is 8.56. The van der Waals surface area contributed by atoms with Gasteiger partial charge in [-0.2, -0.15) is 31.4 Å². The van der Waals surface area contributed by atoms with E-state index in [0.29, 0.717) is 30.4 Å². The van der Waals surface area contributed by atoms with E-state index in [1.54, 1.807) is 6.92 Å². The van der Waals surface area contributed by atoms with Crippen LogP contribution in [0.5, 0.6) is 0 Å². The molecule has 0 N–H and O–H groups in total. The Morgan fingerprint density at radius 2 is 1.90 bits per heavy atom. The molecule has 0 amide bonds. The summed E-state index contributed by atoms with van der Waals surface area (Å²) in [6.45, 7) is 1.71. The van der Waals surface area contributed by atoms with Gasteiger partial charge in [0.15, 0.2) is 15.5 Å². The number of anilines is 1. The van der Waals surface area contributed by atoms with Gasteiger partial charge >= 0.3 is 12.4 Å². The van der Waals surface area contributed by atoms with Crippen molar-refractivity contribution in [1.82, 2.24) is 19.2 Å². The summed E-state index contributed by atoms with van der Waals surface area (Å²) in [7, 11) is 0. The maximum atomic E-state index is 13.6. The summed E-state index contributed by atoms with van der Waals surface area (Å²) >= 11 is 6.07. The maximum absolute atomic E-state index is 13.6. The molecule has 0 bridgehead atoms. The number of rotatable bonds is 3. The lowest BCUT2D eigenvalue weighted by molar-refractivity contribution is -0.141. The third-order valence-electron chi connectivity index (χ3n) is 4.73. The second-order valence-electron chi connectivity index (χ2n) is 6.80. The number of halogens is 7. The summed E-state index contributed by atoms with van der Waals surface area (Å²) in [5.41, 5.74) is -2.05. The van der Waals surface area contributed by atoms with Gasteiger partial charge in [-0.1, -0.05) is 22.9 Å². The van der Waals surface area contributed by atoms with E-state index in [1.165, 1.54) is 4.90 Å². The van der Waals surface area contributed by atoms with Gasteiger partial charge in [-0.25, -0.2) is 14.1 Å². The quantitative estimate of drug-likeness (QED) is 0.535. The van der Waals surface area contributed by atoms with Crippen LogP contribution < -0.4 is 10.5 Å². The van der Waals surface area contributed by atoms with Gasteiger partial charge in [0.05, 0.1) is 12.2 Å². The maximum Gasteiger partial charge on any atom is 0.435 e. The molecule has 0 saturated carbocycles. The van der Waals surface area contributed by atoms with Crippen LogP contribution in [-0.4, -0.2) is 31.8 Å². The molecule has 14 heteroatoms. The van der Waals surface area contributed by atoms with Crippen molar-refractivity contribution in [2.75, 3.05) is 11.4 Å². The minimum absolute atomic E-state index is 0.0584. The zero-order valence-corrected chi connectivity index (χ0v) is 16.6. The van der Waals surface area contributed by atoms with E-state index in [9.17, 15) is 31.1 Å². The highest BCUT2D eigenvalue weighted by molar-refractivity contribution is 7.17. The average Bonchev–Trinajstić information content (AvgIpc) is 3.15. The lowest BCUT2D eigenvalue weighted by Gasteiger charge is -2.40. The summed E-state index contributed by atoms with van der Waals surface area (Å²) in [6, 6.07) is 1.42. The van der Waals surface area contributed by atoms with Gasteiger partial charge in [-0.05, 0) is 13.3 Å². The lowest BCUT2D eigenvalue weighted by atomic mass is 10.1. The lowest BCUT2D eigenvalue weighted by Crippen LogP contribution is -2.47. The van der Waals surface area contributed by atoms with Crippen LogP contribution in [0.3, 0.4) is 0 Å². The third kappa shape index (κ3) is 3.53. The molecule has 4 rings (SSSR count). The summed E-state index contributed by atoms with van der Waals surface area (Å²) in [4.78, 5) is 17.0. The van der Waals surface area contributed by atoms with E-state index in [4.69, 9.17) is 11.6 Å². The van der Waals surface area contributed by atoms with Crippen molar-refractivity contribution in [3.63, 3.8) is 0 Å². The fraction of sp³-hybridized carbons (Fsp3) is 0.438. The van der Waals surface area contributed by atoms with Crippen molar-refractivity contribution in [2.45, 2.75) is 38.3 Å². The Balaban J connectivity index is 1.80. The molecule has 1 saturated heterocycles. The number of aromatic nitrogens is 4. The zero-order valence-electron chi connectivity index (χ0n) is 15.1. The van der Waals surface area contributed by atoms with Crippen LogP contribution in [0.2, 0.25) is 5.15 Å². The predicted molar refractivity (Wildman–Crippen MR) is 97.1 cm³/mol. The molecule has 0 aromatic carbocycles. The summed E-state index contributed by atoms with van der Waals surface area (Å²) in [6.07, 6.45) is -8.72. The Kier molecular flexibility index (Phi) is 4.80. The predicted octanol–water partition coefficient (Wildman–Crippen LogP) is 4.29. The Labute approximate surface area is 173 Å². The Bertz CT molecular complexity index is 1180. The van der Waals surface area contributed by atoms with Crippen LogP contribution in [-0.2, 0) is 18.9 Å². The topological polar surface area (TPSA) is 55.4 Å². The van der Waals surface area contributed by atoms with Gasteiger partial charge in [0.1, 0.15) is 11.0 Å². The number of hydrogen-bond donors (Lipinski definition) is 0. The van der Waals surface area contributed by atoms with E-state index in [1.807, 2.05) is 0 Å². The fourth-order valence-corrected chi connectivity index (χ4v) is 4.39. The SMILES string of the molecule is CC1CCN1c1c(C(F)(F)F)sc2nc(Cn3nc(C(F)(F)F)cc3Cl)cc(=O)n12. The molecule has 0 aliphatic carbocycles. The second kappa shape index (κ2) is 6.87. The number of nitrogens with zero attached hydrogens (tertiary/aromatic N) is 5. The molecule has 3 aromatic heterocycles. The molecule has 3 aromatic rings. The minimum atomic E-state index is -4.72. The van der Waals surface area contributed by atoms with Crippen molar-refractivity contribution < 1.29 is 26.3 Å². The van der Waals surface area contributed by atoms with Crippen LogP contribution >= 0.6 is 22.9 Å². The molecule has 162 valence electrons. The smallest absolute Gasteiger partial charge is 0.354 e. The standard InChI is InChI=1S/C16H12ClF6N5OS/c1-7-2-3-26(7)13-12(16(21,22)23)30-14-24-8(4-11(29)28(13)14)6-27-10(17)5-9(25-27)15(18,19)20/h4-5,7H,2-3,6H2,1H3. The van der Waals surface area contributed by atoms with Gasteiger partial charge < -0.3 is 4.90 Å². The van der Waals surface area contributed by atoms with Crippen LogP contribution in [0.1, 0.15) is 29.6 Å². The van der Waals surface area contributed by atoms with Crippen molar-refractivity contribution in [2.24, 2.45) is 0 Å². The van der Waals surface area contributed by atoms with Crippen molar-refractivity contribution in [3.05, 3.63) is 43.9 Å². The molecule has 1 fully saturated rings. The highest BCUT2D eigenvalue weighted by atomic mass is 35.5. The monoisotopic (exact) mass is 471 g/mol. The third-order valence-corrected chi connectivity index (χ3v) is 6.11. The first kappa shape index (κ1) is 21.0. The van der Waals surface area contributed by atoms with E-state index in [2.05, 4.69) is 10.1 Å². The van der Waals surface area contributed by atoms with Crippen molar-refractivity contribution in [3.8, 4) is 0 Å². The fourth-order valence-electron chi connectivity index (χ4n) is 3.16. The van der Waals surface area contributed by atoms with Crippen LogP contribution in [0.4, 0.5) is 32.2 Å². The molecule has 1 aliphatic rings. The normalized spacial score (nSPS) is 17.6. The molecule has 4 heterocycles. The van der Waals surface area contributed by atoms with Crippen molar-refractivity contribution >= 4 is 33.7 Å². The molecule has 6 nitrogen and oxygen atoms in total. The van der Waals surface area contributed by atoms with Crippen LogP contribution in [0.15, 0.2) is 16.9 Å². The molecule has 0 spiro atoms. The van der Waals surface area contributed by atoms with Crippen LogP contribution in [0, 0.1) is 0 Å². The molecule has 1 unspecified atom stereocenters. The Morgan fingerprint density at radius 1 is 1.20 bits per heavy atom. The van der Waals surface area contributed by atoms with E-state index in [0.717, 1.165) is 15.1 Å². The highest BCUT2D eigenvalue weighted by Gasteiger charge is 2.42. The van der Waals surface area contributed by atoms with E-state index in [-0.39, 0.29) is 27.7 Å². The van der Waals surface area contributed by atoms with Gasteiger partial charge in [0, 0.05) is 24.7 Å². The van der Waals surface area contributed by atoms with Gasteiger partial charge in [-0.3, -0.25) is 4.79 Å². The summed E-state index contributed by atoms with van der Waals surface area (Å²) in [5, 5.41) is 2.99. The second-order valence-corrected chi connectivity index (χ2v) is 8.16. The highest BCUT2D eigenvalue weighted by Crippen LogP contribution is 2.44. The Hall–Kier alpha value is -2.28. The summed E-state index contributed by atoms with van der Waals surface area (Å²) < 4.78 is 80.8. The summed E-state index contributed by atoms with van der Waals surface area (Å²) in [5.74, 6) is -0.262. The number of hydrogen-bond acceptors (Lipinski definition) is 5. The number of fused-ring (bicyclic) bond motifs is 1. The average molecular weight is 472 g/mol.